The highest BCUT2D eigenvalue weighted by molar-refractivity contribution is 5.69. The highest BCUT2D eigenvalue weighted by atomic mass is 17.1. The van der Waals surface area contributed by atoms with Crippen LogP contribution in [0.2, 0.25) is 0 Å². The third-order valence-electron chi connectivity index (χ3n) is 3.73. The van der Waals surface area contributed by atoms with Crippen LogP contribution >= 0.6 is 0 Å². The summed E-state index contributed by atoms with van der Waals surface area (Å²) in [5.41, 5.74) is 0. The van der Waals surface area contributed by atoms with Crippen molar-refractivity contribution in [1.82, 2.24) is 10.8 Å². The van der Waals surface area contributed by atoms with Gasteiger partial charge >= 0.3 is 5.97 Å². The van der Waals surface area contributed by atoms with Crippen LogP contribution in [0.3, 0.4) is 0 Å². The first-order chi connectivity index (χ1) is 11.5. The van der Waals surface area contributed by atoms with Crippen molar-refractivity contribution in [1.29, 1.82) is 0 Å². The van der Waals surface area contributed by atoms with Crippen molar-refractivity contribution >= 4 is 5.97 Å². The largest absolute Gasteiger partial charge is 0.457 e. The van der Waals surface area contributed by atoms with Crippen molar-refractivity contribution in [2.75, 3.05) is 19.8 Å². The first-order valence-electron chi connectivity index (χ1n) is 7.54. The zero-order valence-corrected chi connectivity index (χ0v) is 12.9. The molecule has 0 amide bonds. The highest BCUT2D eigenvalue weighted by Gasteiger charge is 2.43. The molecule has 12 heteroatoms. The number of fused-ring (bicyclic) bond motifs is 1. The fourth-order valence-corrected chi connectivity index (χ4v) is 2.68. The standard InChI is InChI=1S/C12H22N2O10/c15-11(23-10-7-21-9-4-5-20-12(9)10)3-1-2-8(24-14(18)19)6-22-13(16)17/h8-10,12,16-19H,1-7H2/t8-,9+,10+,12-/m0/s1. The maximum absolute atomic E-state index is 11.9. The Labute approximate surface area is 137 Å². The van der Waals surface area contributed by atoms with Gasteiger partial charge in [0.1, 0.15) is 18.8 Å². The van der Waals surface area contributed by atoms with Crippen LogP contribution in [0.25, 0.3) is 0 Å². The van der Waals surface area contributed by atoms with Gasteiger partial charge in [-0.15, -0.1) is 0 Å². The van der Waals surface area contributed by atoms with Crippen LogP contribution in [-0.4, -0.2) is 81.8 Å². The maximum atomic E-state index is 11.9. The molecule has 2 heterocycles. The lowest BCUT2D eigenvalue weighted by Crippen LogP contribution is -2.32. The normalized spacial score (nSPS) is 27.7. The second-order valence-electron chi connectivity index (χ2n) is 5.45. The SMILES string of the molecule is O=C(CCC[C@@H](CON(O)O)ON(O)O)O[C@@H]1CO[C@@H]2CCO[C@@H]21. The Hall–Kier alpha value is -0.930. The van der Waals surface area contributed by atoms with E-state index in [1.807, 2.05) is 0 Å². The molecule has 0 spiro atoms. The van der Waals surface area contributed by atoms with Gasteiger partial charge in [0.05, 0.1) is 23.5 Å². The van der Waals surface area contributed by atoms with E-state index in [-0.39, 0.29) is 31.7 Å². The molecule has 0 aromatic heterocycles. The molecule has 2 aliphatic rings. The maximum Gasteiger partial charge on any atom is 0.306 e. The first kappa shape index (κ1) is 19.4. The third-order valence-corrected chi connectivity index (χ3v) is 3.73. The Kier molecular flexibility index (Phi) is 7.70. The van der Waals surface area contributed by atoms with E-state index in [4.69, 9.17) is 35.0 Å². The molecule has 0 aromatic rings. The molecule has 0 radical (unpaired) electrons. The number of carbonyl (C=O) groups excluding carboxylic acids is 1. The molecule has 2 saturated heterocycles. The summed E-state index contributed by atoms with van der Waals surface area (Å²) >= 11 is 0. The van der Waals surface area contributed by atoms with Crippen molar-refractivity contribution in [3.8, 4) is 0 Å². The Balaban J connectivity index is 1.66. The third kappa shape index (κ3) is 6.18. The predicted molar refractivity (Wildman–Crippen MR) is 69.5 cm³/mol. The lowest BCUT2D eigenvalue weighted by atomic mass is 10.1. The zero-order chi connectivity index (χ0) is 17.5. The molecule has 2 fully saturated rings. The summed E-state index contributed by atoms with van der Waals surface area (Å²) in [5, 5.41) is 33.1. The van der Waals surface area contributed by atoms with Gasteiger partial charge in [0, 0.05) is 13.0 Å². The van der Waals surface area contributed by atoms with E-state index >= 15 is 0 Å². The predicted octanol–water partition coefficient (Wildman–Crippen LogP) is -0.351. The van der Waals surface area contributed by atoms with E-state index in [1.54, 1.807) is 0 Å². The smallest absolute Gasteiger partial charge is 0.306 e. The minimum absolute atomic E-state index is 0.0160. The molecule has 12 nitrogen and oxygen atoms in total. The number of esters is 1. The summed E-state index contributed by atoms with van der Waals surface area (Å²) in [4.78, 5) is 20.7. The number of rotatable bonds is 10. The van der Waals surface area contributed by atoms with Crippen molar-refractivity contribution < 1.29 is 49.5 Å². The molecular weight excluding hydrogens is 332 g/mol. The molecule has 0 bridgehead atoms. The van der Waals surface area contributed by atoms with Crippen LogP contribution in [0, 0.1) is 0 Å². The molecule has 4 atom stereocenters. The second-order valence-corrected chi connectivity index (χ2v) is 5.45. The monoisotopic (exact) mass is 354 g/mol. The number of hydrogen-bond donors (Lipinski definition) is 4. The van der Waals surface area contributed by atoms with Crippen molar-refractivity contribution in [2.45, 2.75) is 50.1 Å². The summed E-state index contributed by atoms with van der Waals surface area (Å²) in [6, 6.07) is 0. The minimum atomic E-state index is -0.924. The highest BCUT2D eigenvalue weighted by Crippen LogP contribution is 2.28. The van der Waals surface area contributed by atoms with E-state index in [0.717, 1.165) is 6.42 Å². The number of nitrogens with zero attached hydrogens (tertiary/aromatic N) is 2. The molecule has 2 rings (SSSR count). The number of carbonyl (C=O) groups is 1. The molecule has 0 unspecified atom stereocenters. The van der Waals surface area contributed by atoms with Gasteiger partial charge in [-0.25, -0.2) is 9.68 Å². The molecule has 2 aliphatic heterocycles. The summed E-state index contributed by atoms with van der Waals surface area (Å²) in [6.07, 6.45) is -0.246. The zero-order valence-electron chi connectivity index (χ0n) is 12.9. The van der Waals surface area contributed by atoms with E-state index in [1.165, 1.54) is 0 Å². The van der Waals surface area contributed by atoms with Crippen LogP contribution in [0.4, 0.5) is 0 Å². The van der Waals surface area contributed by atoms with E-state index in [2.05, 4.69) is 9.68 Å². The average molecular weight is 354 g/mol. The van der Waals surface area contributed by atoms with Gasteiger partial charge in [-0.3, -0.25) is 25.6 Å². The molecular formula is C12H22N2O10. The summed E-state index contributed by atoms with van der Waals surface area (Å²) < 4.78 is 16.3. The average Bonchev–Trinajstić information content (AvgIpc) is 3.09. The van der Waals surface area contributed by atoms with Crippen molar-refractivity contribution in [3.05, 3.63) is 0 Å². The van der Waals surface area contributed by atoms with Crippen LogP contribution in [0.1, 0.15) is 25.7 Å². The van der Waals surface area contributed by atoms with Gasteiger partial charge in [-0.05, 0) is 19.3 Å². The van der Waals surface area contributed by atoms with Crippen LogP contribution in [-0.2, 0) is 28.7 Å². The van der Waals surface area contributed by atoms with Gasteiger partial charge in [-0.1, -0.05) is 0 Å². The topological polar surface area (TPSA) is 151 Å². The van der Waals surface area contributed by atoms with Crippen LogP contribution < -0.4 is 0 Å². The molecule has 24 heavy (non-hydrogen) atoms. The Morgan fingerprint density at radius 2 is 2.00 bits per heavy atom. The quantitative estimate of drug-likeness (QED) is 0.300. The van der Waals surface area contributed by atoms with Crippen LogP contribution in [0.5, 0.6) is 0 Å². The van der Waals surface area contributed by atoms with E-state index in [0.29, 0.717) is 19.6 Å². The fraction of sp³-hybridized carbons (Fsp3) is 0.917. The fourth-order valence-electron chi connectivity index (χ4n) is 2.68. The summed E-state index contributed by atoms with van der Waals surface area (Å²) in [6.45, 7) is 0.523. The lowest BCUT2D eigenvalue weighted by molar-refractivity contribution is -0.527. The van der Waals surface area contributed by atoms with Gasteiger partial charge in [0.15, 0.2) is 6.10 Å². The Morgan fingerprint density at radius 3 is 2.71 bits per heavy atom. The van der Waals surface area contributed by atoms with E-state index < -0.39 is 29.0 Å². The van der Waals surface area contributed by atoms with Crippen LogP contribution in [0.15, 0.2) is 0 Å². The number of hydrogen-bond acceptors (Lipinski definition) is 12. The van der Waals surface area contributed by atoms with Gasteiger partial charge in [0.25, 0.3) is 0 Å². The Bertz CT molecular complexity index is 396. The first-order valence-corrected chi connectivity index (χ1v) is 7.54. The van der Waals surface area contributed by atoms with E-state index in [9.17, 15) is 4.79 Å². The molecule has 4 N–H and O–H groups in total. The van der Waals surface area contributed by atoms with Gasteiger partial charge in [0.2, 0.25) is 0 Å². The van der Waals surface area contributed by atoms with Gasteiger partial charge in [-0.2, -0.15) is 0 Å². The Morgan fingerprint density at radius 1 is 1.21 bits per heavy atom. The molecule has 0 aliphatic carbocycles. The molecule has 0 aromatic carbocycles. The van der Waals surface area contributed by atoms with Crippen molar-refractivity contribution in [3.63, 3.8) is 0 Å². The number of ether oxygens (including phenoxy) is 3. The van der Waals surface area contributed by atoms with Crippen molar-refractivity contribution in [2.24, 2.45) is 0 Å². The minimum Gasteiger partial charge on any atom is -0.457 e. The van der Waals surface area contributed by atoms with Gasteiger partial charge < -0.3 is 14.2 Å². The second kappa shape index (κ2) is 9.53. The molecule has 140 valence electrons. The lowest BCUT2D eigenvalue weighted by Gasteiger charge is -2.19. The summed E-state index contributed by atoms with van der Waals surface area (Å²) in [5.74, 6) is -0.435. The molecule has 0 saturated carbocycles. The summed E-state index contributed by atoms with van der Waals surface area (Å²) in [7, 11) is 0.